The zero-order valence-electron chi connectivity index (χ0n) is 13.1. The van der Waals surface area contributed by atoms with Crippen molar-refractivity contribution >= 4 is 16.9 Å². The third-order valence-corrected chi connectivity index (χ3v) is 3.77. The first-order chi connectivity index (χ1) is 10.6. The van der Waals surface area contributed by atoms with Crippen molar-refractivity contribution in [1.82, 2.24) is 4.98 Å². The van der Waals surface area contributed by atoms with Crippen LogP contribution in [-0.4, -0.2) is 17.6 Å². The predicted octanol–water partition coefficient (Wildman–Crippen LogP) is 4.63. The summed E-state index contributed by atoms with van der Waals surface area (Å²) < 4.78 is 5.20. The molecular formula is C19H19NO2. The number of carbonyl (C=O) groups excluding carboxylic acids is 1. The molecule has 1 N–H and O–H groups in total. The minimum atomic E-state index is -0.313. The van der Waals surface area contributed by atoms with Crippen LogP contribution in [0.15, 0.2) is 42.5 Å². The second-order valence-corrected chi connectivity index (χ2v) is 5.51. The van der Waals surface area contributed by atoms with Gasteiger partial charge in [0.25, 0.3) is 0 Å². The average Bonchev–Trinajstić information content (AvgIpc) is 2.87. The van der Waals surface area contributed by atoms with Crippen LogP contribution in [0.1, 0.15) is 28.5 Å². The molecule has 0 saturated carbocycles. The molecule has 22 heavy (non-hydrogen) atoms. The van der Waals surface area contributed by atoms with Gasteiger partial charge >= 0.3 is 5.97 Å². The van der Waals surface area contributed by atoms with Gasteiger partial charge in [-0.15, -0.1) is 0 Å². The monoisotopic (exact) mass is 293 g/mol. The quantitative estimate of drug-likeness (QED) is 0.715. The molecule has 1 aromatic heterocycles. The van der Waals surface area contributed by atoms with Crippen LogP contribution >= 0.6 is 0 Å². The third kappa shape index (κ3) is 2.50. The summed E-state index contributed by atoms with van der Waals surface area (Å²) in [6.45, 7) is 6.28. The van der Waals surface area contributed by atoms with E-state index in [-0.39, 0.29) is 5.97 Å². The van der Waals surface area contributed by atoms with Crippen molar-refractivity contribution in [1.29, 1.82) is 0 Å². The Morgan fingerprint density at radius 1 is 1.05 bits per heavy atom. The lowest BCUT2D eigenvalue weighted by Gasteiger charge is -2.06. The van der Waals surface area contributed by atoms with Crippen LogP contribution in [0, 0.1) is 13.8 Å². The van der Waals surface area contributed by atoms with Gasteiger partial charge in [-0.05, 0) is 38.5 Å². The SMILES string of the molecule is CCOC(=O)c1[nH]c2ccc(C)cc2c1-c1ccc(C)cc1. The van der Waals surface area contributed by atoms with Crippen molar-refractivity contribution in [2.24, 2.45) is 0 Å². The van der Waals surface area contributed by atoms with Crippen LogP contribution in [0.5, 0.6) is 0 Å². The van der Waals surface area contributed by atoms with Crippen LogP contribution in [0.3, 0.4) is 0 Å². The Labute approximate surface area is 129 Å². The summed E-state index contributed by atoms with van der Waals surface area (Å²) in [5.74, 6) is -0.313. The van der Waals surface area contributed by atoms with Gasteiger partial charge in [0.1, 0.15) is 5.69 Å². The van der Waals surface area contributed by atoms with E-state index in [0.717, 1.165) is 27.6 Å². The largest absolute Gasteiger partial charge is 0.461 e. The van der Waals surface area contributed by atoms with E-state index in [2.05, 4.69) is 37.0 Å². The van der Waals surface area contributed by atoms with E-state index in [0.29, 0.717) is 12.3 Å². The molecule has 0 saturated heterocycles. The fourth-order valence-electron chi connectivity index (χ4n) is 2.68. The average molecular weight is 293 g/mol. The Bertz CT molecular complexity index is 829. The van der Waals surface area contributed by atoms with Gasteiger partial charge in [0, 0.05) is 16.5 Å². The number of aryl methyl sites for hydroxylation is 2. The van der Waals surface area contributed by atoms with Crippen LogP contribution < -0.4 is 0 Å². The predicted molar refractivity (Wildman–Crippen MR) is 89.2 cm³/mol. The first kappa shape index (κ1) is 14.4. The Morgan fingerprint density at radius 2 is 1.73 bits per heavy atom. The lowest BCUT2D eigenvalue weighted by Crippen LogP contribution is -2.06. The molecule has 3 rings (SSSR count). The summed E-state index contributed by atoms with van der Waals surface area (Å²) in [4.78, 5) is 15.5. The van der Waals surface area contributed by atoms with E-state index in [1.165, 1.54) is 5.56 Å². The van der Waals surface area contributed by atoms with Crippen LogP contribution in [0.4, 0.5) is 0 Å². The van der Waals surface area contributed by atoms with E-state index in [1.807, 2.05) is 31.2 Å². The van der Waals surface area contributed by atoms with E-state index >= 15 is 0 Å². The third-order valence-electron chi connectivity index (χ3n) is 3.77. The summed E-state index contributed by atoms with van der Waals surface area (Å²) in [7, 11) is 0. The molecule has 2 aromatic carbocycles. The van der Waals surface area contributed by atoms with Crippen LogP contribution in [-0.2, 0) is 4.74 Å². The van der Waals surface area contributed by atoms with Gasteiger partial charge in [0.2, 0.25) is 0 Å². The molecule has 112 valence electrons. The molecule has 3 aromatic rings. The number of H-pyrrole nitrogens is 1. The number of rotatable bonds is 3. The fourth-order valence-corrected chi connectivity index (χ4v) is 2.68. The molecule has 0 aliphatic rings. The van der Waals surface area contributed by atoms with Gasteiger partial charge in [0.05, 0.1) is 6.61 Å². The van der Waals surface area contributed by atoms with E-state index in [4.69, 9.17) is 4.74 Å². The van der Waals surface area contributed by atoms with Crippen LogP contribution in [0.25, 0.3) is 22.0 Å². The Balaban J connectivity index is 2.27. The van der Waals surface area contributed by atoms with Crippen molar-refractivity contribution in [3.63, 3.8) is 0 Å². The molecule has 0 unspecified atom stereocenters. The van der Waals surface area contributed by atoms with Crippen molar-refractivity contribution in [3.8, 4) is 11.1 Å². The first-order valence-corrected chi connectivity index (χ1v) is 7.46. The fraction of sp³-hybridized carbons (Fsp3) is 0.211. The molecule has 0 spiro atoms. The maximum Gasteiger partial charge on any atom is 0.355 e. The highest BCUT2D eigenvalue weighted by Gasteiger charge is 2.20. The Morgan fingerprint density at radius 3 is 2.41 bits per heavy atom. The minimum absolute atomic E-state index is 0.313. The summed E-state index contributed by atoms with van der Waals surface area (Å²) in [5, 5.41) is 1.05. The number of aromatic nitrogens is 1. The number of ether oxygens (including phenoxy) is 1. The maximum absolute atomic E-state index is 12.3. The first-order valence-electron chi connectivity index (χ1n) is 7.46. The van der Waals surface area contributed by atoms with Crippen molar-refractivity contribution in [2.45, 2.75) is 20.8 Å². The molecule has 0 atom stereocenters. The lowest BCUT2D eigenvalue weighted by molar-refractivity contribution is 0.0521. The Hall–Kier alpha value is -2.55. The zero-order valence-corrected chi connectivity index (χ0v) is 13.1. The van der Waals surface area contributed by atoms with Crippen molar-refractivity contribution < 1.29 is 9.53 Å². The minimum Gasteiger partial charge on any atom is -0.461 e. The molecule has 3 nitrogen and oxygen atoms in total. The highest BCUT2D eigenvalue weighted by Crippen LogP contribution is 2.33. The number of aromatic amines is 1. The highest BCUT2D eigenvalue weighted by molar-refractivity contribution is 6.08. The van der Waals surface area contributed by atoms with Gasteiger partial charge in [-0.1, -0.05) is 41.5 Å². The second kappa shape index (κ2) is 5.68. The van der Waals surface area contributed by atoms with Crippen molar-refractivity contribution in [3.05, 3.63) is 59.3 Å². The number of nitrogens with one attached hydrogen (secondary N) is 1. The number of fused-ring (bicyclic) bond motifs is 1. The Kier molecular flexibility index (Phi) is 3.72. The molecule has 1 heterocycles. The molecular weight excluding hydrogens is 274 g/mol. The standard InChI is InChI=1S/C19H19NO2/c1-4-22-19(21)18-17(14-8-5-12(2)6-9-14)15-11-13(3)7-10-16(15)20-18/h5-11,20H,4H2,1-3H3. The molecule has 0 bridgehead atoms. The molecule has 0 aliphatic carbocycles. The van der Waals surface area contributed by atoms with E-state index in [1.54, 1.807) is 0 Å². The highest BCUT2D eigenvalue weighted by atomic mass is 16.5. The smallest absolute Gasteiger partial charge is 0.355 e. The van der Waals surface area contributed by atoms with Gasteiger partial charge in [-0.25, -0.2) is 4.79 Å². The summed E-state index contributed by atoms with van der Waals surface area (Å²) >= 11 is 0. The molecule has 3 heteroatoms. The number of esters is 1. The maximum atomic E-state index is 12.3. The lowest BCUT2D eigenvalue weighted by atomic mass is 10.00. The van der Waals surface area contributed by atoms with Crippen molar-refractivity contribution in [2.75, 3.05) is 6.61 Å². The topological polar surface area (TPSA) is 42.1 Å². The normalized spacial score (nSPS) is 10.9. The summed E-state index contributed by atoms with van der Waals surface area (Å²) in [5.41, 5.74) is 5.76. The van der Waals surface area contributed by atoms with Gasteiger partial charge in [-0.2, -0.15) is 0 Å². The van der Waals surface area contributed by atoms with E-state index in [9.17, 15) is 4.79 Å². The van der Waals surface area contributed by atoms with Gasteiger partial charge in [-0.3, -0.25) is 0 Å². The summed E-state index contributed by atoms with van der Waals surface area (Å²) in [6, 6.07) is 14.3. The number of hydrogen-bond donors (Lipinski definition) is 1. The zero-order chi connectivity index (χ0) is 15.7. The molecule has 0 amide bonds. The molecule has 0 aliphatic heterocycles. The molecule has 0 radical (unpaired) electrons. The van der Waals surface area contributed by atoms with Gasteiger partial charge in [0.15, 0.2) is 0 Å². The van der Waals surface area contributed by atoms with Crippen LogP contribution in [0.2, 0.25) is 0 Å². The van der Waals surface area contributed by atoms with Gasteiger partial charge < -0.3 is 9.72 Å². The molecule has 0 fully saturated rings. The number of benzene rings is 2. The number of hydrogen-bond acceptors (Lipinski definition) is 2. The second-order valence-electron chi connectivity index (χ2n) is 5.51. The van der Waals surface area contributed by atoms with E-state index < -0.39 is 0 Å². The number of carbonyl (C=O) groups is 1. The summed E-state index contributed by atoms with van der Waals surface area (Å²) in [6.07, 6.45) is 0.